The first-order chi connectivity index (χ1) is 23.1. The molecule has 0 bridgehead atoms. The van der Waals surface area contributed by atoms with Crippen molar-refractivity contribution in [3.63, 3.8) is 0 Å². The van der Waals surface area contributed by atoms with Crippen LogP contribution in [0, 0.1) is 5.41 Å². The number of hydrogen-bond acceptors (Lipinski definition) is 7. The summed E-state index contributed by atoms with van der Waals surface area (Å²) in [5, 5.41) is 18.2. The van der Waals surface area contributed by atoms with Crippen molar-refractivity contribution in [3.8, 4) is 17.2 Å². The molecule has 2 N–H and O–H groups in total. The summed E-state index contributed by atoms with van der Waals surface area (Å²) in [6.45, 7) is 15.1. The average Bonchev–Trinajstić information content (AvgIpc) is 3.09. The lowest BCUT2D eigenvalue weighted by atomic mass is 9.76. The molecule has 1 unspecified atom stereocenters. The molecule has 3 aromatic rings. The van der Waals surface area contributed by atoms with Crippen molar-refractivity contribution in [2.45, 2.75) is 84.7 Å². The van der Waals surface area contributed by atoms with Crippen molar-refractivity contribution < 1.29 is 29.0 Å². The summed E-state index contributed by atoms with van der Waals surface area (Å²) in [6, 6.07) is 18.2. The van der Waals surface area contributed by atoms with Crippen LogP contribution >= 0.6 is 0 Å². The highest BCUT2D eigenvalue weighted by atomic mass is 16.5. The van der Waals surface area contributed by atoms with Crippen molar-refractivity contribution in [3.05, 3.63) is 101 Å². The molecule has 3 aromatic carbocycles. The van der Waals surface area contributed by atoms with Crippen LogP contribution in [0.25, 0.3) is 6.08 Å². The normalized spacial score (nSPS) is 15.7. The topological polar surface area (TPSA) is 120 Å². The second-order valence-electron chi connectivity index (χ2n) is 13.5. The van der Waals surface area contributed by atoms with Gasteiger partial charge in [0.1, 0.15) is 22.8 Å². The number of nitrogens with zero attached hydrogens (tertiary/aromatic N) is 2. The van der Waals surface area contributed by atoms with E-state index in [4.69, 9.17) is 14.9 Å². The lowest BCUT2D eigenvalue weighted by Crippen LogP contribution is -2.55. The summed E-state index contributed by atoms with van der Waals surface area (Å²) >= 11 is 0. The number of imide groups is 2. The minimum absolute atomic E-state index is 0.0151. The third kappa shape index (κ3) is 8.11. The molecule has 0 saturated carbocycles. The second-order valence-corrected chi connectivity index (χ2v) is 13.5. The smallest absolute Gasteiger partial charge is 0.338 e. The van der Waals surface area contributed by atoms with Gasteiger partial charge in [-0.1, -0.05) is 84.9 Å². The van der Waals surface area contributed by atoms with Crippen LogP contribution in [-0.2, 0) is 20.4 Å². The molecule has 1 aliphatic heterocycles. The van der Waals surface area contributed by atoms with Gasteiger partial charge in [0.25, 0.3) is 11.8 Å². The summed E-state index contributed by atoms with van der Waals surface area (Å²) < 4.78 is 12.4. The molecule has 0 spiro atoms. The number of hydrogen-bond donors (Lipinski definition) is 2. The first-order valence-electron chi connectivity index (χ1n) is 16.6. The fourth-order valence-electron chi connectivity index (χ4n) is 5.24. The zero-order valence-electron chi connectivity index (χ0n) is 29.7. The maximum Gasteiger partial charge on any atom is 0.338 e. The highest BCUT2D eigenvalue weighted by Crippen LogP contribution is 2.39. The zero-order valence-corrected chi connectivity index (χ0v) is 29.7. The maximum absolute atomic E-state index is 13.4. The molecule has 0 radical (unpaired) electrons. The van der Waals surface area contributed by atoms with Crippen molar-refractivity contribution in [1.29, 1.82) is 5.41 Å². The molecule has 0 aliphatic carbocycles. The van der Waals surface area contributed by atoms with Crippen LogP contribution in [0.5, 0.6) is 17.2 Å². The first kappa shape index (κ1) is 36.7. The van der Waals surface area contributed by atoms with Gasteiger partial charge in [-0.25, -0.2) is 9.69 Å². The van der Waals surface area contributed by atoms with Crippen LogP contribution in [-0.4, -0.2) is 46.9 Å². The van der Waals surface area contributed by atoms with Gasteiger partial charge >= 0.3 is 6.03 Å². The molecular formula is C40H47N3O6. The summed E-state index contributed by atoms with van der Waals surface area (Å²) in [7, 11) is 1.32. The van der Waals surface area contributed by atoms with Crippen LogP contribution in [0.2, 0.25) is 0 Å². The van der Waals surface area contributed by atoms with Gasteiger partial charge in [0.15, 0.2) is 6.10 Å². The van der Waals surface area contributed by atoms with E-state index in [1.165, 1.54) is 43.0 Å². The number of likely N-dealkylation sites (N-methyl/N-ethyl adjacent to an activating group) is 1. The third-order valence-electron chi connectivity index (χ3n) is 9.40. The quantitative estimate of drug-likeness (QED) is 0.0866. The number of allylic oxidation sites excluding steroid dienone is 2. The minimum atomic E-state index is -0.783. The molecule has 9 heteroatoms. The van der Waals surface area contributed by atoms with Crippen molar-refractivity contribution in [1.82, 2.24) is 4.90 Å². The Labute approximate surface area is 289 Å². The van der Waals surface area contributed by atoms with Gasteiger partial charge < -0.3 is 14.6 Å². The number of anilines is 1. The number of carbonyl (C=O) groups excluding carboxylic acids is 3. The van der Waals surface area contributed by atoms with Gasteiger partial charge in [-0.15, -0.1) is 0 Å². The zero-order chi connectivity index (χ0) is 36.1. The Morgan fingerprint density at radius 2 is 1.51 bits per heavy atom. The number of nitrogens with one attached hydrogen (secondary N) is 1. The fourth-order valence-corrected chi connectivity index (χ4v) is 5.24. The number of benzene rings is 3. The Bertz CT molecular complexity index is 1770. The van der Waals surface area contributed by atoms with Crippen LogP contribution in [0.1, 0.15) is 84.4 Å². The number of rotatable bonds is 12. The lowest BCUT2D eigenvalue weighted by molar-refractivity contribution is -0.128. The number of barbiturate groups is 1. The van der Waals surface area contributed by atoms with E-state index in [0.717, 1.165) is 39.5 Å². The first-order valence-corrected chi connectivity index (χ1v) is 16.6. The maximum atomic E-state index is 13.4. The number of amides is 4. The van der Waals surface area contributed by atoms with Crippen molar-refractivity contribution >= 4 is 35.5 Å². The van der Waals surface area contributed by atoms with Crippen LogP contribution < -0.4 is 14.4 Å². The Balaban J connectivity index is 1.52. The van der Waals surface area contributed by atoms with Crippen LogP contribution in [0.3, 0.4) is 0 Å². The number of carbonyl (C=O) groups is 3. The van der Waals surface area contributed by atoms with E-state index < -0.39 is 23.9 Å². The third-order valence-corrected chi connectivity index (χ3v) is 9.40. The van der Waals surface area contributed by atoms with E-state index in [9.17, 15) is 19.5 Å². The molecule has 4 amide bonds. The summed E-state index contributed by atoms with van der Waals surface area (Å²) in [6.07, 6.45) is 6.34. The van der Waals surface area contributed by atoms with E-state index in [2.05, 4.69) is 53.7 Å². The summed E-state index contributed by atoms with van der Waals surface area (Å²) in [5.74, 6) is -0.370. The Kier molecular flexibility index (Phi) is 11.2. The average molecular weight is 666 g/mol. The van der Waals surface area contributed by atoms with E-state index in [1.807, 2.05) is 13.0 Å². The van der Waals surface area contributed by atoms with E-state index in [-0.39, 0.29) is 33.7 Å². The molecule has 4 rings (SSSR count). The predicted molar refractivity (Wildman–Crippen MR) is 193 cm³/mol. The monoisotopic (exact) mass is 665 g/mol. The van der Waals surface area contributed by atoms with Gasteiger partial charge in [0.2, 0.25) is 5.90 Å². The summed E-state index contributed by atoms with van der Waals surface area (Å²) in [5.41, 5.74) is 3.02. The van der Waals surface area contributed by atoms with Crippen LogP contribution in [0.15, 0.2) is 84.5 Å². The molecule has 1 saturated heterocycles. The highest BCUT2D eigenvalue weighted by Gasteiger charge is 2.40. The highest BCUT2D eigenvalue weighted by molar-refractivity contribution is 6.37. The SMILES string of the molecule is CCC(Oc1ccc(C(C)(C)CC)cc1C(C)(C)CC)C(=N)Oc1ccc(N2C(=O)C(=CC=Cc3ccc(O)cc3)C(=O)N(C)C2=O)cc1. The molecule has 1 atom stereocenters. The van der Waals surface area contributed by atoms with Crippen molar-refractivity contribution in [2.75, 3.05) is 11.9 Å². The van der Waals surface area contributed by atoms with Gasteiger partial charge in [-0.2, -0.15) is 0 Å². The number of phenolic OH excluding ortho intramolecular Hbond substituents is 1. The number of aromatic hydroxyl groups is 1. The Hall–Kier alpha value is -5.18. The Morgan fingerprint density at radius 3 is 2.10 bits per heavy atom. The minimum Gasteiger partial charge on any atom is -0.508 e. The summed E-state index contributed by atoms with van der Waals surface area (Å²) in [4.78, 5) is 41.1. The molecule has 1 fully saturated rings. The second kappa shape index (κ2) is 14.9. The predicted octanol–water partition coefficient (Wildman–Crippen LogP) is 8.55. The van der Waals surface area contributed by atoms with Gasteiger partial charge in [-0.3, -0.25) is 19.9 Å². The fraction of sp³-hybridized carbons (Fsp3) is 0.350. The largest absolute Gasteiger partial charge is 0.508 e. The lowest BCUT2D eigenvalue weighted by Gasteiger charge is -2.32. The molecular weight excluding hydrogens is 618 g/mol. The molecule has 1 heterocycles. The molecule has 1 aliphatic rings. The van der Waals surface area contributed by atoms with E-state index >= 15 is 0 Å². The Morgan fingerprint density at radius 1 is 0.878 bits per heavy atom. The standard InChI is InChI=1S/C40H47N3O6/c1-9-33(49-34-24-17-27(39(4,5)10-2)25-32(34)40(6,7)11-3)35(41)48-30-22-18-28(19-23-30)43-37(46)31(36(45)42(8)38(43)47)14-12-13-26-15-20-29(44)21-16-26/h12-25,33,41,44H,9-11H2,1-8H3. The molecule has 49 heavy (non-hydrogen) atoms. The van der Waals surface area contributed by atoms with Gasteiger partial charge in [0, 0.05) is 12.6 Å². The number of phenols is 1. The molecule has 258 valence electrons. The number of urea groups is 1. The van der Waals surface area contributed by atoms with Crippen LogP contribution in [0.4, 0.5) is 10.5 Å². The van der Waals surface area contributed by atoms with E-state index in [0.29, 0.717) is 12.2 Å². The van der Waals surface area contributed by atoms with E-state index in [1.54, 1.807) is 36.4 Å². The van der Waals surface area contributed by atoms with Gasteiger partial charge in [0.05, 0.1) is 5.69 Å². The van der Waals surface area contributed by atoms with Gasteiger partial charge in [-0.05, 0) is 89.8 Å². The van der Waals surface area contributed by atoms with Crippen molar-refractivity contribution in [2.24, 2.45) is 0 Å². The number of ether oxygens (including phenoxy) is 2. The molecule has 0 aromatic heterocycles. The molecule has 9 nitrogen and oxygen atoms in total.